The molecule has 0 saturated carbocycles. The van der Waals surface area contributed by atoms with Crippen LogP contribution in [0.4, 0.5) is 0 Å². The van der Waals surface area contributed by atoms with E-state index in [-0.39, 0.29) is 5.04 Å². The average molecular weight is 601 g/mol. The first-order valence-corrected chi connectivity index (χ1v) is 17.3. The van der Waals surface area contributed by atoms with E-state index in [1.807, 2.05) is 48.5 Å². The molecule has 5 aromatic carbocycles. The molecule has 0 N–H and O–H groups in total. The van der Waals surface area contributed by atoms with E-state index in [0.29, 0.717) is 11.8 Å². The van der Waals surface area contributed by atoms with Crippen LogP contribution >= 0.6 is 0 Å². The molecule has 1 aliphatic heterocycles. The van der Waals surface area contributed by atoms with Crippen LogP contribution in [0.15, 0.2) is 148 Å². The van der Waals surface area contributed by atoms with Gasteiger partial charge in [0.2, 0.25) is 11.8 Å². The monoisotopic (exact) mass is 600 g/mol. The SMILES string of the molecule is CC(C)(C)[Si]1(c2ccccc2)C(c2nc3ccccc3o2)=C(c2ccccc2)C(c2ccccc2)=C1c1nc2ccccc2o1. The Morgan fingerprint density at radius 3 is 1.24 bits per heavy atom. The highest BCUT2D eigenvalue weighted by Gasteiger charge is 2.61. The quantitative estimate of drug-likeness (QED) is 0.185. The van der Waals surface area contributed by atoms with Crippen LogP contribution in [-0.4, -0.2) is 18.0 Å². The molecule has 1 aliphatic rings. The second kappa shape index (κ2) is 10.4. The summed E-state index contributed by atoms with van der Waals surface area (Å²) in [6.07, 6.45) is 0. The molecule has 3 heterocycles. The molecule has 0 spiro atoms. The van der Waals surface area contributed by atoms with Gasteiger partial charge >= 0.3 is 0 Å². The van der Waals surface area contributed by atoms with Crippen LogP contribution in [0.5, 0.6) is 0 Å². The van der Waals surface area contributed by atoms with E-state index >= 15 is 0 Å². The van der Waals surface area contributed by atoms with Crippen molar-refractivity contribution < 1.29 is 8.83 Å². The normalized spacial score (nSPS) is 15.0. The van der Waals surface area contributed by atoms with Crippen LogP contribution in [0.2, 0.25) is 5.04 Å². The van der Waals surface area contributed by atoms with Crippen molar-refractivity contribution in [1.29, 1.82) is 0 Å². The Morgan fingerprint density at radius 1 is 0.467 bits per heavy atom. The lowest BCUT2D eigenvalue weighted by Crippen LogP contribution is -2.56. The lowest BCUT2D eigenvalue weighted by Gasteiger charge is -2.43. The number of rotatable bonds is 5. The Balaban J connectivity index is 1.63. The number of fused-ring (bicyclic) bond motifs is 2. The van der Waals surface area contributed by atoms with E-state index in [0.717, 1.165) is 54.9 Å². The van der Waals surface area contributed by atoms with Gasteiger partial charge in [-0.1, -0.05) is 136 Å². The molecule has 8 rings (SSSR count). The largest absolute Gasteiger partial charge is 0.437 e. The summed E-state index contributed by atoms with van der Waals surface area (Å²) in [6, 6.07) is 48.4. The number of benzene rings is 5. The zero-order valence-corrected chi connectivity index (χ0v) is 26.5. The molecule has 0 saturated heterocycles. The second-order valence-electron chi connectivity index (χ2n) is 12.6. The van der Waals surface area contributed by atoms with Crippen molar-refractivity contribution in [2.45, 2.75) is 25.8 Å². The highest BCUT2D eigenvalue weighted by molar-refractivity contribution is 7.23. The fraction of sp³-hybridized carbons (Fsp3) is 0.100. The fourth-order valence-electron chi connectivity index (χ4n) is 7.19. The smallest absolute Gasteiger partial charge is 0.220 e. The van der Waals surface area contributed by atoms with Crippen molar-refractivity contribution in [3.05, 3.63) is 162 Å². The van der Waals surface area contributed by atoms with Gasteiger partial charge in [0.1, 0.15) is 11.0 Å². The van der Waals surface area contributed by atoms with Crippen LogP contribution in [0.1, 0.15) is 43.7 Å². The lowest BCUT2D eigenvalue weighted by molar-refractivity contribution is 0.583. The molecule has 0 radical (unpaired) electrons. The van der Waals surface area contributed by atoms with Gasteiger partial charge in [-0.2, -0.15) is 0 Å². The van der Waals surface area contributed by atoms with Gasteiger partial charge in [0.15, 0.2) is 19.2 Å². The summed E-state index contributed by atoms with van der Waals surface area (Å²) in [4.78, 5) is 10.5. The molecular weight excluding hydrogens is 569 g/mol. The van der Waals surface area contributed by atoms with Crippen molar-refractivity contribution in [2.75, 3.05) is 0 Å². The summed E-state index contributed by atoms with van der Waals surface area (Å²) in [5.41, 5.74) is 7.69. The van der Waals surface area contributed by atoms with Gasteiger partial charge in [-0.15, -0.1) is 0 Å². The van der Waals surface area contributed by atoms with E-state index in [2.05, 4.69) is 112 Å². The summed E-state index contributed by atoms with van der Waals surface area (Å²) in [5.74, 6) is 1.31. The summed E-state index contributed by atoms with van der Waals surface area (Å²) < 4.78 is 13.6. The zero-order valence-electron chi connectivity index (χ0n) is 25.5. The third-order valence-corrected chi connectivity index (χ3v) is 14.8. The van der Waals surface area contributed by atoms with E-state index in [4.69, 9.17) is 18.8 Å². The minimum Gasteiger partial charge on any atom is -0.437 e. The van der Waals surface area contributed by atoms with Crippen molar-refractivity contribution >= 4 is 57.0 Å². The van der Waals surface area contributed by atoms with Crippen molar-refractivity contribution in [3.8, 4) is 0 Å². The van der Waals surface area contributed by atoms with Crippen LogP contribution in [-0.2, 0) is 0 Å². The summed E-state index contributed by atoms with van der Waals surface area (Å²) in [7, 11) is -3.12. The molecule has 218 valence electrons. The van der Waals surface area contributed by atoms with Crippen molar-refractivity contribution in [3.63, 3.8) is 0 Å². The van der Waals surface area contributed by atoms with Crippen molar-refractivity contribution in [1.82, 2.24) is 9.97 Å². The molecule has 2 aromatic heterocycles. The maximum atomic E-state index is 6.79. The van der Waals surface area contributed by atoms with E-state index in [1.165, 1.54) is 5.19 Å². The van der Waals surface area contributed by atoms with Crippen LogP contribution in [0.3, 0.4) is 0 Å². The fourth-order valence-corrected chi connectivity index (χ4v) is 13.2. The first-order valence-electron chi connectivity index (χ1n) is 15.3. The maximum Gasteiger partial charge on any atom is 0.220 e. The van der Waals surface area contributed by atoms with Crippen molar-refractivity contribution in [2.24, 2.45) is 0 Å². The van der Waals surface area contributed by atoms with E-state index in [9.17, 15) is 0 Å². The predicted molar refractivity (Wildman–Crippen MR) is 186 cm³/mol. The van der Waals surface area contributed by atoms with Crippen LogP contribution in [0.25, 0.3) is 43.7 Å². The van der Waals surface area contributed by atoms with Gasteiger partial charge in [0.05, 0.1) is 0 Å². The summed E-state index contributed by atoms with van der Waals surface area (Å²) in [6.45, 7) is 7.07. The molecule has 0 unspecified atom stereocenters. The van der Waals surface area contributed by atoms with E-state index < -0.39 is 8.07 Å². The molecule has 0 bridgehead atoms. The van der Waals surface area contributed by atoms with Gasteiger partial charge in [0, 0.05) is 10.4 Å². The summed E-state index contributed by atoms with van der Waals surface area (Å²) in [5, 5.41) is 3.27. The summed E-state index contributed by atoms with van der Waals surface area (Å²) >= 11 is 0. The highest BCUT2D eigenvalue weighted by atomic mass is 28.3. The van der Waals surface area contributed by atoms with Crippen LogP contribution in [0, 0.1) is 0 Å². The van der Waals surface area contributed by atoms with Gasteiger partial charge in [-0.3, -0.25) is 0 Å². The Labute approximate surface area is 263 Å². The third kappa shape index (κ3) is 4.19. The molecular formula is C40H32N2O2Si. The Bertz CT molecular complexity index is 2040. The molecule has 0 atom stereocenters. The van der Waals surface area contributed by atoms with Crippen LogP contribution < -0.4 is 5.19 Å². The first-order chi connectivity index (χ1) is 22.0. The molecule has 0 fully saturated rings. The topological polar surface area (TPSA) is 52.1 Å². The van der Waals surface area contributed by atoms with E-state index in [1.54, 1.807) is 0 Å². The Kier molecular flexibility index (Phi) is 6.32. The van der Waals surface area contributed by atoms with Gasteiger partial charge in [0.25, 0.3) is 0 Å². The molecule has 45 heavy (non-hydrogen) atoms. The molecule has 0 amide bonds. The zero-order chi connectivity index (χ0) is 30.6. The lowest BCUT2D eigenvalue weighted by atomic mass is 9.91. The van der Waals surface area contributed by atoms with Gasteiger partial charge in [-0.25, -0.2) is 9.97 Å². The Hall–Kier alpha value is -5.26. The standard InChI is InChI=1S/C40H32N2O2Si/c1-40(2,3)45(29-21-11-6-12-22-29)36(38-41-30-23-13-15-25-32(30)43-38)34(27-17-7-4-8-18-27)35(28-19-9-5-10-20-28)37(45)39-42-31-24-14-16-26-33(31)44-39/h4-26H,1-3H3. The number of nitrogens with zero attached hydrogens (tertiary/aromatic N) is 2. The number of para-hydroxylation sites is 4. The number of hydrogen-bond donors (Lipinski definition) is 0. The highest BCUT2D eigenvalue weighted by Crippen LogP contribution is 2.62. The Morgan fingerprint density at radius 2 is 0.844 bits per heavy atom. The minimum absolute atomic E-state index is 0.267. The predicted octanol–water partition coefficient (Wildman–Crippen LogP) is 9.74. The maximum absolute atomic E-state index is 6.79. The second-order valence-corrected chi connectivity index (χ2v) is 17.1. The molecule has 0 aliphatic carbocycles. The molecule has 5 heteroatoms. The first kappa shape index (κ1) is 27.3. The minimum atomic E-state index is -3.12. The average Bonchev–Trinajstić information content (AvgIpc) is 3.78. The third-order valence-electron chi connectivity index (χ3n) is 8.97. The number of allylic oxidation sites excluding steroid dienone is 2. The number of oxazole rings is 2. The number of aromatic nitrogens is 2. The number of hydrogen-bond acceptors (Lipinski definition) is 4. The molecule has 7 aromatic rings. The molecule has 4 nitrogen and oxygen atoms in total. The van der Waals surface area contributed by atoms with Gasteiger partial charge < -0.3 is 8.83 Å². The van der Waals surface area contributed by atoms with Gasteiger partial charge in [-0.05, 0) is 56.8 Å².